The monoisotopic (exact) mass is 283 g/mol. The molecule has 108 valence electrons. The van der Waals surface area contributed by atoms with E-state index in [1.165, 1.54) is 12.1 Å². The van der Waals surface area contributed by atoms with Crippen LogP contribution in [0.3, 0.4) is 0 Å². The molecule has 3 rings (SSSR count). The van der Waals surface area contributed by atoms with Crippen molar-refractivity contribution in [1.29, 1.82) is 0 Å². The van der Waals surface area contributed by atoms with E-state index in [4.69, 9.17) is 0 Å². The Morgan fingerprint density at radius 3 is 2.20 bits per heavy atom. The minimum absolute atomic E-state index is 0.188. The Balaban J connectivity index is 2.20. The summed E-state index contributed by atoms with van der Waals surface area (Å²) in [6.45, 7) is 0.213. The van der Waals surface area contributed by atoms with Crippen molar-refractivity contribution in [2.24, 2.45) is 5.41 Å². The normalized spacial score (nSPS) is 28.4. The first-order valence-electron chi connectivity index (χ1n) is 6.82. The van der Waals surface area contributed by atoms with Crippen LogP contribution in [0.5, 0.6) is 0 Å². The Hall–Kier alpha value is -1.52. The molecule has 1 saturated heterocycles. The van der Waals surface area contributed by atoms with E-state index in [0.717, 1.165) is 17.7 Å². The highest BCUT2D eigenvalue weighted by Gasteiger charge is 2.77. The third kappa shape index (κ3) is 1.43. The van der Waals surface area contributed by atoms with Gasteiger partial charge in [-0.25, -0.2) is 0 Å². The summed E-state index contributed by atoms with van der Waals surface area (Å²) in [4.78, 5) is 12.1. The zero-order chi connectivity index (χ0) is 14.4. The van der Waals surface area contributed by atoms with Gasteiger partial charge in [-0.15, -0.1) is 0 Å². The van der Waals surface area contributed by atoms with E-state index in [9.17, 15) is 18.0 Å². The fraction of sp³-hybridized carbons (Fsp3) is 0.533. The Labute approximate surface area is 115 Å². The first kappa shape index (κ1) is 13.5. The zero-order valence-electron chi connectivity index (χ0n) is 11.0. The van der Waals surface area contributed by atoms with Crippen molar-refractivity contribution in [1.82, 2.24) is 4.90 Å². The molecule has 1 aliphatic heterocycles. The van der Waals surface area contributed by atoms with E-state index < -0.39 is 17.1 Å². The number of hydrogen-bond donors (Lipinski definition) is 0. The molecule has 1 amide bonds. The molecule has 1 aromatic carbocycles. The quantitative estimate of drug-likeness (QED) is 0.761. The maximum Gasteiger partial charge on any atom is 0.416 e. The number of likely N-dealkylation sites (tertiary alicyclic amines) is 1. The van der Waals surface area contributed by atoms with E-state index in [0.29, 0.717) is 19.3 Å². The SMILES string of the molecule is O=CN1CC2(CCCC2)C1(c1ccccc1)C(F)(F)F. The number of hydrogen-bond acceptors (Lipinski definition) is 1. The highest BCUT2D eigenvalue weighted by Crippen LogP contribution is 2.67. The number of carbonyl (C=O) groups is 1. The summed E-state index contributed by atoms with van der Waals surface area (Å²) in [5.74, 6) is 0. The summed E-state index contributed by atoms with van der Waals surface area (Å²) in [5.41, 5.74) is -2.79. The molecule has 1 unspecified atom stereocenters. The van der Waals surface area contributed by atoms with Crippen molar-refractivity contribution >= 4 is 6.41 Å². The molecular formula is C15H16F3NO. The van der Waals surface area contributed by atoms with Gasteiger partial charge in [0.25, 0.3) is 0 Å². The average molecular weight is 283 g/mol. The molecule has 0 radical (unpaired) electrons. The van der Waals surface area contributed by atoms with Crippen LogP contribution >= 0.6 is 0 Å². The van der Waals surface area contributed by atoms with Crippen molar-refractivity contribution in [3.63, 3.8) is 0 Å². The van der Waals surface area contributed by atoms with Crippen LogP contribution in [-0.4, -0.2) is 24.0 Å². The van der Waals surface area contributed by atoms with Gasteiger partial charge in [-0.2, -0.15) is 13.2 Å². The van der Waals surface area contributed by atoms with Gasteiger partial charge in [-0.1, -0.05) is 43.2 Å². The first-order chi connectivity index (χ1) is 9.48. The molecule has 5 heteroatoms. The number of rotatable bonds is 2. The first-order valence-corrected chi connectivity index (χ1v) is 6.82. The number of amides is 1. The number of alkyl halides is 3. The molecule has 1 saturated carbocycles. The third-order valence-electron chi connectivity index (χ3n) is 4.96. The fourth-order valence-corrected chi connectivity index (χ4v) is 4.24. The average Bonchev–Trinajstić information content (AvgIpc) is 2.87. The van der Waals surface area contributed by atoms with Crippen LogP contribution in [0.2, 0.25) is 0 Å². The summed E-state index contributed by atoms with van der Waals surface area (Å²) in [6.07, 6.45) is -1.44. The number of benzene rings is 1. The van der Waals surface area contributed by atoms with Gasteiger partial charge in [-0.3, -0.25) is 4.79 Å². The molecule has 1 spiro atoms. The van der Waals surface area contributed by atoms with Gasteiger partial charge in [0.15, 0.2) is 5.54 Å². The van der Waals surface area contributed by atoms with Crippen LogP contribution in [-0.2, 0) is 10.3 Å². The lowest BCUT2D eigenvalue weighted by Gasteiger charge is -2.64. The Morgan fingerprint density at radius 1 is 1.10 bits per heavy atom. The smallest absolute Gasteiger partial charge is 0.326 e. The van der Waals surface area contributed by atoms with Crippen molar-refractivity contribution in [3.8, 4) is 0 Å². The summed E-state index contributed by atoms with van der Waals surface area (Å²) < 4.78 is 41.9. The maximum atomic E-state index is 14.0. The van der Waals surface area contributed by atoms with Gasteiger partial charge >= 0.3 is 6.18 Å². The molecule has 2 fully saturated rings. The second-order valence-corrected chi connectivity index (χ2v) is 5.79. The van der Waals surface area contributed by atoms with Crippen LogP contribution in [0.4, 0.5) is 13.2 Å². The number of carbonyl (C=O) groups excluding carboxylic acids is 1. The van der Waals surface area contributed by atoms with Crippen LogP contribution in [0.25, 0.3) is 0 Å². The van der Waals surface area contributed by atoms with E-state index in [-0.39, 0.29) is 12.1 Å². The van der Waals surface area contributed by atoms with E-state index in [1.807, 2.05) is 0 Å². The van der Waals surface area contributed by atoms with Crippen LogP contribution < -0.4 is 0 Å². The Kier molecular flexibility index (Phi) is 2.85. The molecule has 1 aromatic rings. The third-order valence-corrected chi connectivity index (χ3v) is 4.96. The topological polar surface area (TPSA) is 20.3 Å². The summed E-state index contributed by atoms with van der Waals surface area (Å²) in [6, 6.07) is 7.88. The van der Waals surface area contributed by atoms with Gasteiger partial charge in [0, 0.05) is 12.0 Å². The van der Waals surface area contributed by atoms with Crippen molar-refractivity contribution in [2.45, 2.75) is 37.4 Å². The molecule has 2 aliphatic rings. The number of halogens is 3. The van der Waals surface area contributed by atoms with Crippen LogP contribution in [0.1, 0.15) is 31.2 Å². The largest absolute Gasteiger partial charge is 0.416 e. The zero-order valence-corrected chi connectivity index (χ0v) is 11.0. The fourth-order valence-electron chi connectivity index (χ4n) is 4.24. The predicted molar refractivity (Wildman–Crippen MR) is 67.8 cm³/mol. The second kappa shape index (κ2) is 4.24. The van der Waals surface area contributed by atoms with Gasteiger partial charge in [0.2, 0.25) is 6.41 Å². The lowest BCUT2D eigenvalue weighted by atomic mass is 9.56. The molecule has 1 aliphatic carbocycles. The minimum Gasteiger partial charge on any atom is -0.326 e. The second-order valence-electron chi connectivity index (χ2n) is 5.79. The molecule has 2 nitrogen and oxygen atoms in total. The van der Waals surface area contributed by atoms with Crippen LogP contribution in [0.15, 0.2) is 30.3 Å². The van der Waals surface area contributed by atoms with Gasteiger partial charge < -0.3 is 4.90 Å². The maximum absolute atomic E-state index is 14.0. The van der Waals surface area contributed by atoms with Crippen molar-refractivity contribution < 1.29 is 18.0 Å². The van der Waals surface area contributed by atoms with Crippen molar-refractivity contribution in [3.05, 3.63) is 35.9 Å². The van der Waals surface area contributed by atoms with Gasteiger partial charge in [-0.05, 0) is 18.4 Å². The van der Waals surface area contributed by atoms with Gasteiger partial charge in [0.1, 0.15) is 0 Å². The molecule has 20 heavy (non-hydrogen) atoms. The van der Waals surface area contributed by atoms with E-state index in [2.05, 4.69) is 0 Å². The minimum atomic E-state index is -4.46. The summed E-state index contributed by atoms with van der Waals surface area (Å²) in [7, 11) is 0. The molecule has 1 heterocycles. The molecule has 1 atom stereocenters. The molecular weight excluding hydrogens is 267 g/mol. The molecule has 0 aromatic heterocycles. The highest BCUT2D eigenvalue weighted by atomic mass is 19.4. The standard InChI is InChI=1S/C15H16F3NO/c16-15(17,18)14(12-6-2-1-3-7-12)13(8-4-5-9-13)10-19(14)11-20/h1-3,6-7,11H,4-5,8-10H2. The van der Waals surface area contributed by atoms with Crippen LogP contribution in [0, 0.1) is 5.41 Å². The van der Waals surface area contributed by atoms with E-state index >= 15 is 0 Å². The lowest BCUT2D eigenvalue weighted by molar-refractivity contribution is -0.320. The summed E-state index contributed by atoms with van der Waals surface area (Å²) in [5, 5.41) is 0. The predicted octanol–water partition coefficient (Wildman–Crippen LogP) is 3.48. The van der Waals surface area contributed by atoms with E-state index in [1.54, 1.807) is 18.2 Å². The summed E-state index contributed by atoms with van der Waals surface area (Å²) >= 11 is 0. The Bertz CT molecular complexity index is 508. The van der Waals surface area contributed by atoms with Crippen molar-refractivity contribution in [2.75, 3.05) is 6.54 Å². The molecule has 0 bridgehead atoms. The highest BCUT2D eigenvalue weighted by molar-refractivity contribution is 5.56. The molecule has 0 N–H and O–H groups in total. The number of nitrogens with zero attached hydrogens (tertiary/aromatic N) is 1. The Morgan fingerprint density at radius 2 is 1.70 bits per heavy atom. The lowest BCUT2D eigenvalue weighted by Crippen LogP contribution is -2.76. The van der Waals surface area contributed by atoms with Gasteiger partial charge in [0.05, 0.1) is 0 Å².